The molecular formula is C30H26O13. The molecule has 5 atom stereocenters. The van der Waals surface area contributed by atoms with Gasteiger partial charge in [0, 0.05) is 23.8 Å². The Kier molecular flexibility index (Phi) is 8.34. The Labute approximate surface area is 242 Å². The van der Waals surface area contributed by atoms with E-state index in [1.54, 1.807) is 12.1 Å². The molecule has 1 aliphatic heterocycles. The Morgan fingerprint density at radius 2 is 1.53 bits per heavy atom. The highest BCUT2D eigenvalue weighted by Gasteiger charge is 2.45. The first-order valence-electron chi connectivity index (χ1n) is 12.8. The Morgan fingerprint density at radius 1 is 0.884 bits per heavy atom. The summed E-state index contributed by atoms with van der Waals surface area (Å²) in [5.41, 5.74) is -0.355. The number of phenolic OH excluding ortho intramolecular Hbond substituents is 3. The quantitative estimate of drug-likeness (QED) is 0.0915. The fourth-order valence-corrected chi connectivity index (χ4v) is 4.41. The first-order chi connectivity index (χ1) is 20.5. The summed E-state index contributed by atoms with van der Waals surface area (Å²) in [5.74, 6) is -2.50. The van der Waals surface area contributed by atoms with E-state index in [1.807, 2.05) is 0 Å². The van der Waals surface area contributed by atoms with Crippen molar-refractivity contribution >= 4 is 23.0 Å². The molecule has 13 heteroatoms. The van der Waals surface area contributed by atoms with Crippen molar-refractivity contribution in [2.45, 2.75) is 30.7 Å². The number of aliphatic hydroxyl groups is 4. The second kappa shape index (κ2) is 12.1. The molecule has 7 N–H and O–H groups in total. The number of hydrogen-bond donors (Lipinski definition) is 7. The lowest BCUT2D eigenvalue weighted by atomic mass is 9.99. The van der Waals surface area contributed by atoms with E-state index in [0.717, 1.165) is 12.1 Å². The SMILES string of the molecule is O=C(/C=C/c1ccc(O)cc1)Oc1cc(O)c2c(=O)c(O[C@@H]3O[C@H](CO)[C@@H](O)[C@H](O)[C@H]3O)c(-c3ccc(O)cc3)oc2c1. The monoisotopic (exact) mass is 594 g/mol. The highest BCUT2D eigenvalue weighted by Crippen LogP contribution is 2.37. The second-order valence-electron chi connectivity index (χ2n) is 9.61. The number of rotatable bonds is 7. The third-order valence-corrected chi connectivity index (χ3v) is 6.64. The van der Waals surface area contributed by atoms with Crippen LogP contribution in [-0.2, 0) is 9.53 Å². The van der Waals surface area contributed by atoms with Gasteiger partial charge in [-0.05, 0) is 48.0 Å². The van der Waals surface area contributed by atoms with E-state index in [1.165, 1.54) is 48.5 Å². The van der Waals surface area contributed by atoms with Crippen LogP contribution in [0.25, 0.3) is 28.4 Å². The minimum atomic E-state index is -1.86. The average Bonchev–Trinajstić information content (AvgIpc) is 2.98. The zero-order chi connectivity index (χ0) is 30.8. The van der Waals surface area contributed by atoms with Gasteiger partial charge in [0.05, 0.1) is 6.61 Å². The van der Waals surface area contributed by atoms with Crippen LogP contribution in [0.15, 0.2) is 76.0 Å². The van der Waals surface area contributed by atoms with Crippen molar-refractivity contribution in [3.8, 4) is 40.1 Å². The van der Waals surface area contributed by atoms with Crippen LogP contribution >= 0.6 is 0 Å². The molecule has 0 unspecified atom stereocenters. The smallest absolute Gasteiger partial charge is 0.336 e. The molecule has 1 aromatic heterocycles. The fraction of sp³-hybridized carbons (Fsp3) is 0.200. The maximum atomic E-state index is 13.7. The average molecular weight is 595 g/mol. The van der Waals surface area contributed by atoms with Crippen molar-refractivity contribution in [3.05, 3.63) is 82.5 Å². The number of hydrogen-bond acceptors (Lipinski definition) is 13. The van der Waals surface area contributed by atoms with E-state index >= 15 is 0 Å². The lowest BCUT2D eigenvalue weighted by Crippen LogP contribution is -2.60. The summed E-state index contributed by atoms with van der Waals surface area (Å²) in [5, 5.41) is 69.7. The molecule has 0 radical (unpaired) electrons. The summed E-state index contributed by atoms with van der Waals surface area (Å²) < 4.78 is 22.2. The largest absolute Gasteiger partial charge is 0.508 e. The van der Waals surface area contributed by atoms with Crippen molar-refractivity contribution < 1.29 is 59.2 Å². The zero-order valence-corrected chi connectivity index (χ0v) is 22.1. The molecule has 1 fully saturated rings. The summed E-state index contributed by atoms with van der Waals surface area (Å²) in [6.45, 7) is -0.742. The predicted octanol–water partition coefficient (Wildman–Crippen LogP) is 1.37. The molecule has 43 heavy (non-hydrogen) atoms. The molecule has 1 saturated heterocycles. The van der Waals surface area contributed by atoms with Crippen LogP contribution in [0.3, 0.4) is 0 Å². The number of ether oxygens (including phenoxy) is 3. The minimum Gasteiger partial charge on any atom is -0.508 e. The van der Waals surface area contributed by atoms with Gasteiger partial charge in [-0.1, -0.05) is 12.1 Å². The van der Waals surface area contributed by atoms with Gasteiger partial charge in [0.15, 0.2) is 5.76 Å². The summed E-state index contributed by atoms with van der Waals surface area (Å²) in [7, 11) is 0. The van der Waals surface area contributed by atoms with Crippen LogP contribution in [0.5, 0.6) is 28.7 Å². The fourth-order valence-electron chi connectivity index (χ4n) is 4.41. The molecule has 0 aliphatic carbocycles. The van der Waals surface area contributed by atoms with Gasteiger partial charge >= 0.3 is 5.97 Å². The van der Waals surface area contributed by atoms with Crippen molar-refractivity contribution in [2.75, 3.05) is 6.61 Å². The van der Waals surface area contributed by atoms with E-state index in [0.29, 0.717) is 5.56 Å². The summed E-state index contributed by atoms with van der Waals surface area (Å²) in [4.78, 5) is 26.1. The lowest BCUT2D eigenvalue weighted by molar-refractivity contribution is -0.277. The zero-order valence-electron chi connectivity index (χ0n) is 22.1. The van der Waals surface area contributed by atoms with E-state index < -0.39 is 60.2 Å². The normalized spacial score (nSPS) is 22.1. The molecular weight excluding hydrogens is 568 g/mol. The number of aromatic hydroxyl groups is 3. The third kappa shape index (κ3) is 6.16. The molecule has 13 nitrogen and oxygen atoms in total. The standard InChI is InChI=1S/C30H26O13/c31-13-21-24(36)26(38)27(39)30(42-21)43-29-25(37)23-19(34)11-18(40-22(35)10-3-14-1-6-16(32)7-2-14)12-20(23)41-28(29)15-4-8-17(33)9-5-15/h1-12,21,24,26-27,30-34,36,38-39H,13H2/b10-3+/t21-,24-,26+,27-,30+/m1/s1. The van der Waals surface area contributed by atoms with Gasteiger partial charge in [0.1, 0.15) is 58.4 Å². The van der Waals surface area contributed by atoms with Gasteiger partial charge in [-0.3, -0.25) is 4.79 Å². The number of carbonyl (C=O) groups is 1. The maximum Gasteiger partial charge on any atom is 0.336 e. The summed E-state index contributed by atoms with van der Waals surface area (Å²) in [6.07, 6.45) is -5.86. The number of phenols is 3. The van der Waals surface area contributed by atoms with Crippen LogP contribution in [-0.4, -0.2) is 79.0 Å². The van der Waals surface area contributed by atoms with Gasteiger partial charge in [-0.15, -0.1) is 0 Å². The van der Waals surface area contributed by atoms with Crippen molar-refractivity contribution in [1.29, 1.82) is 0 Å². The van der Waals surface area contributed by atoms with Gasteiger partial charge in [-0.2, -0.15) is 0 Å². The topological polar surface area (TPSA) is 217 Å². The van der Waals surface area contributed by atoms with Gasteiger partial charge in [0.25, 0.3) is 0 Å². The molecule has 0 spiro atoms. The first-order valence-corrected chi connectivity index (χ1v) is 12.8. The van der Waals surface area contributed by atoms with Gasteiger partial charge < -0.3 is 54.4 Å². The Bertz CT molecular complexity index is 1710. The van der Waals surface area contributed by atoms with Crippen molar-refractivity contribution in [1.82, 2.24) is 0 Å². The molecule has 0 bridgehead atoms. The Morgan fingerprint density at radius 3 is 2.19 bits per heavy atom. The van der Waals surface area contributed by atoms with E-state index in [9.17, 15) is 45.3 Å². The van der Waals surface area contributed by atoms with E-state index in [2.05, 4.69) is 0 Å². The van der Waals surface area contributed by atoms with Crippen LogP contribution in [0, 0.1) is 0 Å². The minimum absolute atomic E-state index is 0.0567. The summed E-state index contributed by atoms with van der Waals surface area (Å²) in [6, 6.07) is 13.6. The highest BCUT2D eigenvalue weighted by atomic mass is 16.7. The van der Waals surface area contributed by atoms with Crippen LogP contribution in [0.2, 0.25) is 0 Å². The second-order valence-corrected chi connectivity index (χ2v) is 9.61. The number of fused-ring (bicyclic) bond motifs is 1. The Balaban J connectivity index is 1.54. The molecule has 224 valence electrons. The van der Waals surface area contributed by atoms with Crippen molar-refractivity contribution in [2.24, 2.45) is 0 Å². The molecule has 1 aliphatic rings. The molecule has 0 saturated carbocycles. The summed E-state index contributed by atoms with van der Waals surface area (Å²) >= 11 is 0. The molecule has 0 amide bonds. The molecule has 2 heterocycles. The molecule has 3 aromatic carbocycles. The number of benzene rings is 3. The van der Waals surface area contributed by atoms with Crippen molar-refractivity contribution in [3.63, 3.8) is 0 Å². The first kappa shape index (κ1) is 29.6. The molecule has 4 aromatic rings. The third-order valence-electron chi connectivity index (χ3n) is 6.64. The van der Waals surface area contributed by atoms with Crippen LogP contribution in [0.1, 0.15) is 5.56 Å². The predicted molar refractivity (Wildman–Crippen MR) is 148 cm³/mol. The van der Waals surface area contributed by atoms with Gasteiger partial charge in [0.2, 0.25) is 17.5 Å². The van der Waals surface area contributed by atoms with E-state index in [4.69, 9.17) is 18.6 Å². The van der Waals surface area contributed by atoms with E-state index in [-0.39, 0.29) is 39.5 Å². The highest BCUT2D eigenvalue weighted by molar-refractivity contribution is 5.91. The molecule has 5 rings (SSSR count). The van der Waals surface area contributed by atoms with Crippen LogP contribution in [0.4, 0.5) is 0 Å². The maximum absolute atomic E-state index is 13.7. The Hall–Kier alpha value is -4.92. The number of esters is 1. The number of carbonyl (C=O) groups excluding carboxylic acids is 1. The van der Waals surface area contributed by atoms with Gasteiger partial charge in [-0.25, -0.2) is 4.79 Å². The van der Waals surface area contributed by atoms with Crippen LogP contribution < -0.4 is 14.9 Å². The lowest BCUT2D eigenvalue weighted by Gasteiger charge is -2.39. The number of aliphatic hydroxyl groups excluding tert-OH is 4.